The van der Waals surface area contributed by atoms with Gasteiger partial charge in [-0.15, -0.1) is 0 Å². The van der Waals surface area contributed by atoms with Gasteiger partial charge < -0.3 is 19.3 Å². The van der Waals surface area contributed by atoms with Crippen molar-refractivity contribution in [1.82, 2.24) is 19.7 Å². The molecule has 2 aromatic rings. The van der Waals surface area contributed by atoms with Crippen molar-refractivity contribution in [3.8, 4) is 0 Å². The first-order chi connectivity index (χ1) is 14.0. The molecule has 1 aliphatic carbocycles. The van der Waals surface area contributed by atoms with E-state index in [1.807, 2.05) is 37.2 Å². The highest BCUT2D eigenvalue weighted by atomic mass is 16.6. The van der Waals surface area contributed by atoms with Crippen LogP contribution in [0.2, 0.25) is 0 Å². The number of amides is 1. The van der Waals surface area contributed by atoms with Crippen molar-refractivity contribution < 1.29 is 14.3 Å². The summed E-state index contributed by atoms with van der Waals surface area (Å²) in [6, 6.07) is 2.07. The van der Waals surface area contributed by atoms with Crippen LogP contribution < -0.4 is 4.90 Å². The average Bonchev–Trinajstić information content (AvgIpc) is 3.32. The van der Waals surface area contributed by atoms with Gasteiger partial charge in [-0.25, -0.2) is 4.79 Å². The van der Waals surface area contributed by atoms with Gasteiger partial charge >= 0.3 is 6.09 Å². The molecule has 0 saturated carbocycles. The van der Waals surface area contributed by atoms with Crippen LogP contribution in [0.4, 0.5) is 10.5 Å². The molecule has 0 N–H and O–H groups in total. The van der Waals surface area contributed by atoms with E-state index in [0.29, 0.717) is 26.3 Å². The minimum Gasteiger partial charge on any atom is -0.438 e. The van der Waals surface area contributed by atoms with E-state index in [0.717, 1.165) is 30.8 Å². The van der Waals surface area contributed by atoms with Crippen molar-refractivity contribution in [3.63, 3.8) is 0 Å². The number of aryl methyl sites for hydroxylation is 1. The molecule has 8 heteroatoms. The standard InChI is InChI=1S/C21H25N5O3/c1-21(13-28-14-21)29-20(27)26-7-5-25(6-8-26)19-3-4-22-18-10-15(9-17(18)19)16-11-23-24(2)12-16/h3-4,9,11-12H,5-8,10,13-14H2,1-2H3. The number of piperazine rings is 1. The number of hydrogen-bond acceptors (Lipinski definition) is 6. The second-order valence-electron chi connectivity index (χ2n) is 8.22. The van der Waals surface area contributed by atoms with E-state index in [2.05, 4.69) is 27.1 Å². The summed E-state index contributed by atoms with van der Waals surface area (Å²) in [5.74, 6) is 0. The molecule has 8 nitrogen and oxygen atoms in total. The first-order valence-electron chi connectivity index (χ1n) is 9.99. The zero-order valence-corrected chi connectivity index (χ0v) is 16.8. The molecule has 4 heterocycles. The van der Waals surface area contributed by atoms with Gasteiger partial charge in [-0.05, 0) is 24.6 Å². The van der Waals surface area contributed by atoms with Gasteiger partial charge in [0.2, 0.25) is 0 Å². The molecule has 2 aliphatic heterocycles. The normalized spacial score (nSPS) is 20.1. The molecule has 0 bridgehead atoms. The van der Waals surface area contributed by atoms with Crippen LogP contribution in [0.15, 0.2) is 24.7 Å². The van der Waals surface area contributed by atoms with Crippen molar-refractivity contribution in [2.45, 2.75) is 18.9 Å². The van der Waals surface area contributed by atoms with Gasteiger partial charge in [-0.1, -0.05) is 0 Å². The summed E-state index contributed by atoms with van der Waals surface area (Å²) in [4.78, 5) is 21.2. The summed E-state index contributed by atoms with van der Waals surface area (Å²) < 4.78 is 12.6. The highest BCUT2D eigenvalue weighted by molar-refractivity contribution is 5.91. The van der Waals surface area contributed by atoms with E-state index >= 15 is 0 Å². The quantitative estimate of drug-likeness (QED) is 0.791. The maximum Gasteiger partial charge on any atom is 0.410 e. The van der Waals surface area contributed by atoms with Crippen LogP contribution in [0, 0.1) is 0 Å². The molecule has 0 unspecified atom stereocenters. The maximum absolute atomic E-state index is 12.4. The molecular formula is C21H25N5O3. The minimum absolute atomic E-state index is 0.242. The summed E-state index contributed by atoms with van der Waals surface area (Å²) in [5, 5.41) is 4.28. The van der Waals surface area contributed by atoms with E-state index in [1.54, 1.807) is 4.90 Å². The van der Waals surface area contributed by atoms with Crippen molar-refractivity contribution >= 4 is 23.4 Å². The molecule has 3 aliphatic rings. The molecule has 2 aromatic heterocycles. The van der Waals surface area contributed by atoms with Gasteiger partial charge in [0.1, 0.15) is 0 Å². The Bertz CT molecular complexity index is 970. The van der Waals surface area contributed by atoms with Gasteiger partial charge in [0.25, 0.3) is 0 Å². The topological polar surface area (TPSA) is 72.7 Å². The van der Waals surface area contributed by atoms with E-state index in [-0.39, 0.29) is 6.09 Å². The lowest BCUT2D eigenvalue weighted by Crippen LogP contribution is -2.55. The fourth-order valence-electron chi connectivity index (χ4n) is 4.11. The number of hydrogen-bond donors (Lipinski definition) is 0. The number of carbonyl (C=O) groups is 1. The highest BCUT2D eigenvalue weighted by Crippen LogP contribution is 2.36. The van der Waals surface area contributed by atoms with Crippen LogP contribution in [0.1, 0.15) is 23.7 Å². The number of nitrogens with zero attached hydrogens (tertiary/aromatic N) is 5. The van der Waals surface area contributed by atoms with Crippen LogP contribution in [0.3, 0.4) is 0 Å². The van der Waals surface area contributed by atoms with E-state index < -0.39 is 5.60 Å². The van der Waals surface area contributed by atoms with Gasteiger partial charge in [0, 0.05) is 68.9 Å². The fourth-order valence-corrected chi connectivity index (χ4v) is 4.11. The molecule has 2 fully saturated rings. The average molecular weight is 395 g/mol. The second kappa shape index (κ2) is 6.88. The van der Waals surface area contributed by atoms with Crippen molar-refractivity contribution in [2.75, 3.05) is 44.3 Å². The Labute approximate surface area is 169 Å². The molecule has 152 valence electrons. The molecule has 1 amide bonds. The molecule has 0 aromatic carbocycles. The SMILES string of the molecule is Cn1cc(C2=Cc3c(N4CCN(C(=O)OC5(C)COC5)CC4)ccnc3C2)cn1. The molecular weight excluding hydrogens is 370 g/mol. The lowest BCUT2D eigenvalue weighted by molar-refractivity contribution is -0.171. The molecule has 0 spiro atoms. The predicted molar refractivity (Wildman–Crippen MR) is 109 cm³/mol. The second-order valence-corrected chi connectivity index (χ2v) is 8.22. The molecule has 0 radical (unpaired) electrons. The Balaban J connectivity index is 1.28. The number of anilines is 1. The number of pyridine rings is 1. The molecule has 0 atom stereocenters. The fraction of sp³-hybridized carbons (Fsp3) is 0.476. The molecule has 29 heavy (non-hydrogen) atoms. The summed E-state index contributed by atoms with van der Waals surface area (Å²) in [7, 11) is 1.93. The van der Waals surface area contributed by atoms with Crippen LogP contribution in [-0.2, 0) is 22.9 Å². The zero-order valence-electron chi connectivity index (χ0n) is 16.8. The van der Waals surface area contributed by atoms with E-state index in [4.69, 9.17) is 9.47 Å². The zero-order chi connectivity index (χ0) is 20.0. The van der Waals surface area contributed by atoms with Crippen LogP contribution in [0.25, 0.3) is 11.6 Å². The molecule has 2 saturated heterocycles. The summed E-state index contributed by atoms with van der Waals surface area (Å²) in [6.45, 7) is 5.71. The van der Waals surface area contributed by atoms with Crippen LogP contribution in [-0.4, -0.2) is 70.8 Å². The minimum atomic E-state index is -0.465. The third-order valence-corrected chi connectivity index (χ3v) is 5.83. The highest BCUT2D eigenvalue weighted by Gasteiger charge is 2.39. The Morgan fingerprint density at radius 3 is 2.69 bits per heavy atom. The van der Waals surface area contributed by atoms with Gasteiger partial charge in [-0.2, -0.15) is 5.10 Å². The number of ether oxygens (including phenoxy) is 2. The number of aromatic nitrogens is 3. The van der Waals surface area contributed by atoms with Crippen LogP contribution in [0.5, 0.6) is 0 Å². The first kappa shape index (κ1) is 18.2. The van der Waals surface area contributed by atoms with Gasteiger partial charge in [0.15, 0.2) is 5.60 Å². The third kappa shape index (κ3) is 3.37. The monoisotopic (exact) mass is 395 g/mol. The molecule has 5 rings (SSSR count). The number of rotatable bonds is 3. The smallest absolute Gasteiger partial charge is 0.410 e. The lowest BCUT2D eigenvalue weighted by Gasteiger charge is -2.41. The van der Waals surface area contributed by atoms with Crippen LogP contribution >= 0.6 is 0 Å². The first-order valence-corrected chi connectivity index (χ1v) is 9.99. The van der Waals surface area contributed by atoms with Crippen molar-refractivity contribution in [1.29, 1.82) is 0 Å². The number of fused-ring (bicyclic) bond motifs is 1. The Hall–Kier alpha value is -2.87. The van der Waals surface area contributed by atoms with Crippen molar-refractivity contribution in [3.05, 3.63) is 41.5 Å². The summed E-state index contributed by atoms with van der Waals surface area (Å²) in [6.07, 6.45) is 8.63. The maximum atomic E-state index is 12.4. The Morgan fingerprint density at radius 2 is 2.03 bits per heavy atom. The summed E-state index contributed by atoms with van der Waals surface area (Å²) >= 11 is 0. The largest absolute Gasteiger partial charge is 0.438 e. The Kier molecular flexibility index (Phi) is 4.31. The Morgan fingerprint density at radius 1 is 1.24 bits per heavy atom. The van der Waals surface area contributed by atoms with Crippen molar-refractivity contribution in [2.24, 2.45) is 7.05 Å². The third-order valence-electron chi connectivity index (χ3n) is 5.83. The number of allylic oxidation sites excluding steroid dienone is 1. The van der Waals surface area contributed by atoms with Gasteiger partial charge in [0.05, 0.1) is 25.1 Å². The predicted octanol–water partition coefficient (Wildman–Crippen LogP) is 1.96. The summed E-state index contributed by atoms with van der Waals surface area (Å²) in [5.41, 5.74) is 5.38. The number of carbonyl (C=O) groups excluding carboxylic acids is 1. The lowest BCUT2D eigenvalue weighted by atomic mass is 10.1. The van der Waals surface area contributed by atoms with E-state index in [9.17, 15) is 4.79 Å². The van der Waals surface area contributed by atoms with E-state index in [1.165, 1.54) is 16.8 Å². The van der Waals surface area contributed by atoms with Gasteiger partial charge in [-0.3, -0.25) is 9.67 Å².